The minimum absolute atomic E-state index is 0.0590. The molecule has 0 spiro atoms. The normalized spacial score (nSPS) is 21.7. The predicted octanol–water partition coefficient (Wildman–Crippen LogP) is 2.06. The van der Waals surface area contributed by atoms with Crippen LogP contribution in [0.2, 0.25) is 0 Å². The van der Waals surface area contributed by atoms with Gasteiger partial charge in [-0.3, -0.25) is 13.9 Å². The summed E-state index contributed by atoms with van der Waals surface area (Å²) >= 11 is 0. The number of nitrogens with one attached hydrogen (secondary N) is 1. The molecule has 10 heteroatoms. The molecule has 0 aliphatic carbocycles. The van der Waals surface area contributed by atoms with E-state index in [1.54, 1.807) is 23.1 Å². The Morgan fingerprint density at radius 2 is 1.92 bits per heavy atom. The average Bonchev–Trinajstić information content (AvgIpc) is 3.47. The lowest BCUT2D eigenvalue weighted by Gasteiger charge is -2.36. The van der Waals surface area contributed by atoms with Crippen LogP contribution in [0.5, 0.6) is 0 Å². The van der Waals surface area contributed by atoms with E-state index >= 15 is 0 Å². The molecule has 1 aromatic carbocycles. The van der Waals surface area contributed by atoms with Crippen LogP contribution < -0.4 is 14.5 Å². The molecule has 4 heterocycles. The van der Waals surface area contributed by atoms with Crippen molar-refractivity contribution in [2.24, 2.45) is 0 Å². The molecule has 36 heavy (non-hydrogen) atoms. The Kier molecular flexibility index (Phi) is 6.63. The molecule has 2 aromatic rings. The van der Waals surface area contributed by atoms with E-state index in [1.807, 2.05) is 6.20 Å². The van der Waals surface area contributed by atoms with Crippen LogP contribution in [0.25, 0.3) is 0 Å². The van der Waals surface area contributed by atoms with Crippen molar-refractivity contribution in [1.82, 2.24) is 15.2 Å². The lowest BCUT2D eigenvalue weighted by Crippen LogP contribution is -2.49. The molecule has 9 nitrogen and oxygen atoms in total. The highest BCUT2D eigenvalue weighted by Crippen LogP contribution is 2.34. The van der Waals surface area contributed by atoms with E-state index in [4.69, 9.17) is 0 Å². The number of pyridine rings is 1. The molecule has 3 aliphatic rings. The Bertz CT molecular complexity index is 1290. The summed E-state index contributed by atoms with van der Waals surface area (Å²) in [5.74, 6) is 0.451. The van der Waals surface area contributed by atoms with Crippen LogP contribution >= 0.6 is 0 Å². The highest BCUT2D eigenvalue weighted by atomic mass is 32.2. The molecule has 0 saturated carbocycles. The van der Waals surface area contributed by atoms with Gasteiger partial charge in [0, 0.05) is 45.5 Å². The molecule has 3 fully saturated rings. The summed E-state index contributed by atoms with van der Waals surface area (Å²) in [5.41, 5.74) is 3.85. The highest BCUT2D eigenvalue weighted by Gasteiger charge is 2.35. The Morgan fingerprint density at radius 3 is 2.53 bits per heavy atom. The number of aryl methyl sites for hydroxylation is 2. The van der Waals surface area contributed by atoms with Gasteiger partial charge in [-0.1, -0.05) is 19.1 Å². The maximum atomic E-state index is 13.7. The number of hydrogen-bond acceptors (Lipinski definition) is 6. The predicted molar refractivity (Wildman–Crippen MR) is 139 cm³/mol. The molecule has 1 atom stereocenters. The third-order valence-electron chi connectivity index (χ3n) is 7.45. The van der Waals surface area contributed by atoms with Crippen LogP contribution in [0.3, 0.4) is 0 Å². The smallest absolute Gasteiger partial charge is 0.256 e. The minimum Gasteiger partial charge on any atom is -0.356 e. The molecule has 192 valence electrons. The zero-order chi connectivity index (χ0) is 25.4. The largest absolute Gasteiger partial charge is 0.356 e. The number of nitrogens with zero attached hydrogens (tertiary/aromatic N) is 4. The van der Waals surface area contributed by atoms with Crippen LogP contribution in [0.1, 0.15) is 52.7 Å². The Hall–Kier alpha value is -3.14. The van der Waals surface area contributed by atoms with Gasteiger partial charge in [0.05, 0.1) is 22.9 Å². The third-order valence-corrected chi connectivity index (χ3v) is 9.31. The molecule has 1 N–H and O–H groups in total. The molecule has 0 radical (unpaired) electrons. The van der Waals surface area contributed by atoms with Gasteiger partial charge >= 0.3 is 0 Å². The fourth-order valence-corrected chi connectivity index (χ4v) is 6.99. The second-order valence-electron chi connectivity index (χ2n) is 9.77. The molecule has 3 aliphatic heterocycles. The van der Waals surface area contributed by atoms with Crippen molar-refractivity contribution in [2.45, 2.75) is 39.0 Å². The van der Waals surface area contributed by atoms with E-state index in [0.29, 0.717) is 63.4 Å². The van der Waals surface area contributed by atoms with Crippen LogP contribution in [0.15, 0.2) is 30.5 Å². The zero-order valence-electron chi connectivity index (χ0n) is 20.9. The number of amides is 2. The number of anilines is 2. The van der Waals surface area contributed by atoms with Gasteiger partial charge in [-0.25, -0.2) is 13.4 Å². The summed E-state index contributed by atoms with van der Waals surface area (Å²) in [5, 5.41) is 2.83. The number of benzene rings is 1. The first-order valence-electron chi connectivity index (χ1n) is 12.7. The third kappa shape index (κ3) is 4.54. The van der Waals surface area contributed by atoms with Gasteiger partial charge in [0.1, 0.15) is 5.82 Å². The van der Waals surface area contributed by atoms with E-state index in [1.165, 1.54) is 9.87 Å². The summed E-state index contributed by atoms with van der Waals surface area (Å²) in [6.07, 6.45) is 4.03. The number of aromatic nitrogens is 1. The standard InChI is InChI=1S/C26H33N5O4S/c1-3-19-15-18(2)24(28-17-19)29-10-12-30(13-11-29)26(33)22-6-5-20(21-7-8-27-25(21)32)16-23(22)31-9-4-14-36(31,34)35/h5-6,15-17,21H,3-4,7-14H2,1-2H3,(H,27,32). The van der Waals surface area contributed by atoms with Gasteiger partial charge in [0.15, 0.2) is 0 Å². The first kappa shape index (κ1) is 24.5. The van der Waals surface area contributed by atoms with Gasteiger partial charge in [0.25, 0.3) is 5.91 Å². The SMILES string of the molecule is CCc1cnc(N2CCN(C(=O)c3ccc(C4CCNC4=O)cc3N3CCCS3(=O)=O)CC2)c(C)c1. The molecular weight excluding hydrogens is 478 g/mol. The van der Waals surface area contributed by atoms with Crippen molar-refractivity contribution < 1.29 is 18.0 Å². The van der Waals surface area contributed by atoms with E-state index in [-0.39, 0.29) is 23.5 Å². The molecule has 1 aromatic heterocycles. The molecule has 1 unspecified atom stereocenters. The summed E-state index contributed by atoms with van der Waals surface area (Å²) in [6, 6.07) is 7.40. The summed E-state index contributed by atoms with van der Waals surface area (Å²) in [7, 11) is -3.49. The van der Waals surface area contributed by atoms with E-state index in [0.717, 1.165) is 23.4 Å². The van der Waals surface area contributed by atoms with E-state index in [2.05, 4.69) is 35.1 Å². The maximum absolute atomic E-state index is 13.7. The van der Waals surface area contributed by atoms with Crippen LogP contribution in [0, 0.1) is 6.92 Å². The highest BCUT2D eigenvalue weighted by molar-refractivity contribution is 7.93. The van der Waals surface area contributed by atoms with Crippen LogP contribution in [0.4, 0.5) is 11.5 Å². The number of rotatable bonds is 5. The average molecular weight is 512 g/mol. The molecule has 0 bridgehead atoms. The van der Waals surface area contributed by atoms with Crippen molar-refractivity contribution >= 4 is 33.3 Å². The summed E-state index contributed by atoms with van der Waals surface area (Å²) in [6.45, 7) is 7.47. The van der Waals surface area contributed by atoms with Crippen molar-refractivity contribution in [3.63, 3.8) is 0 Å². The lowest BCUT2D eigenvalue weighted by atomic mass is 9.95. The number of carbonyl (C=O) groups is 2. The number of sulfonamides is 1. The maximum Gasteiger partial charge on any atom is 0.256 e. The van der Waals surface area contributed by atoms with Crippen molar-refractivity contribution in [2.75, 3.05) is 54.2 Å². The molecular formula is C26H33N5O4S. The number of piperazine rings is 1. The van der Waals surface area contributed by atoms with Gasteiger partial charge in [-0.2, -0.15) is 0 Å². The quantitative estimate of drug-likeness (QED) is 0.659. The monoisotopic (exact) mass is 511 g/mol. The number of carbonyl (C=O) groups excluding carboxylic acids is 2. The van der Waals surface area contributed by atoms with E-state index < -0.39 is 10.0 Å². The molecule has 2 amide bonds. The molecule has 5 rings (SSSR count). The fourth-order valence-electron chi connectivity index (χ4n) is 5.42. The van der Waals surface area contributed by atoms with Gasteiger partial charge < -0.3 is 15.1 Å². The zero-order valence-corrected chi connectivity index (χ0v) is 21.7. The second kappa shape index (κ2) is 9.72. The van der Waals surface area contributed by atoms with Crippen molar-refractivity contribution in [3.8, 4) is 0 Å². The molecule has 3 saturated heterocycles. The summed E-state index contributed by atoms with van der Waals surface area (Å²) in [4.78, 5) is 34.6. The summed E-state index contributed by atoms with van der Waals surface area (Å²) < 4.78 is 26.9. The lowest BCUT2D eigenvalue weighted by molar-refractivity contribution is -0.120. The van der Waals surface area contributed by atoms with Gasteiger partial charge in [0.2, 0.25) is 15.9 Å². The van der Waals surface area contributed by atoms with Gasteiger partial charge in [-0.05, 0) is 55.0 Å². The first-order chi connectivity index (χ1) is 17.3. The van der Waals surface area contributed by atoms with Crippen LogP contribution in [-0.2, 0) is 21.2 Å². The topological polar surface area (TPSA) is 103 Å². The minimum atomic E-state index is -3.49. The second-order valence-corrected chi connectivity index (χ2v) is 11.8. The van der Waals surface area contributed by atoms with E-state index in [9.17, 15) is 18.0 Å². The van der Waals surface area contributed by atoms with Crippen molar-refractivity contribution in [3.05, 3.63) is 52.7 Å². The Labute approximate surface area is 212 Å². The Balaban J connectivity index is 1.39. The van der Waals surface area contributed by atoms with Crippen molar-refractivity contribution in [1.29, 1.82) is 0 Å². The van der Waals surface area contributed by atoms with Gasteiger partial charge in [-0.15, -0.1) is 0 Å². The van der Waals surface area contributed by atoms with Crippen LogP contribution in [-0.4, -0.2) is 75.1 Å². The fraction of sp³-hybridized carbons (Fsp3) is 0.500. The first-order valence-corrected chi connectivity index (χ1v) is 14.3. The number of hydrogen-bond donors (Lipinski definition) is 1. The Morgan fingerprint density at radius 1 is 1.14 bits per heavy atom.